The van der Waals surface area contributed by atoms with Crippen LogP contribution in [-0.2, 0) is 13.6 Å². The van der Waals surface area contributed by atoms with Gasteiger partial charge in [-0.2, -0.15) is 0 Å². The van der Waals surface area contributed by atoms with Crippen molar-refractivity contribution in [3.8, 4) is 11.9 Å². The molecule has 0 aromatic carbocycles. The van der Waals surface area contributed by atoms with Gasteiger partial charge in [0.1, 0.15) is 12.4 Å². The number of aryl methyl sites for hydroxylation is 2. The van der Waals surface area contributed by atoms with E-state index in [1.165, 1.54) is 0 Å². The Balaban J connectivity index is 0.000000265. The number of hydrogen-bond donors (Lipinski definition) is 0. The number of nitrogens with zero attached hydrogens (tertiary/aromatic N) is 4. The van der Waals surface area contributed by atoms with Gasteiger partial charge < -0.3 is 8.63 Å². The maximum absolute atomic E-state index is 11.2. The highest BCUT2D eigenvalue weighted by atomic mass is 19.2. The van der Waals surface area contributed by atoms with Gasteiger partial charge in [0.25, 0.3) is 0 Å². The Morgan fingerprint density at radius 1 is 1.40 bits per heavy atom. The molecule has 7 heteroatoms. The molecule has 0 N–H and O–H groups in total. The van der Waals surface area contributed by atoms with Crippen molar-refractivity contribution >= 4 is 6.70 Å². The summed E-state index contributed by atoms with van der Waals surface area (Å²) in [5.74, 6) is 1.12. The summed E-state index contributed by atoms with van der Waals surface area (Å²) in [5, 5.41) is 14.8. The first-order chi connectivity index (χ1) is 6.95. The highest BCUT2D eigenvalue weighted by molar-refractivity contribution is 6.81. The number of aromatic nitrogens is 2. The molecule has 0 aliphatic heterocycles. The summed E-state index contributed by atoms with van der Waals surface area (Å²) in [6, 6.07) is 0. The molecule has 0 spiro atoms. The molecule has 1 heterocycles. The van der Waals surface area contributed by atoms with Gasteiger partial charge in [0, 0.05) is 0 Å². The van der Waals surface area contributed by atoms with Gasteiger partial charge in [-0.15, -0.1) is 0 Å². The zero-order valence-corrected chi connectivity index (χ0v) is 8.56. The largest absolute Gasteiger partial charge is 0.504 e. The normalized spacial score (nSPS) is 9.47. The maximum atomic E-state index is 11.2. The first-order valence-electron chi connectivity index (χ1n) is 4.30. The minimum absolute atomic E-state index is 0.559. The Kier molecular flexibility index (Phi) is 5.04. The fourth-order valence-corrected chi connectivity index (χ4v) is 0.718. The summed E-state index contributed by atoms with van der Waals surface area (Å²) in [5.41, 5.74) is 0. The number of nitriles is 2. The summed E-state index contributed by atoms with van der Waals surface area (Å²) in [4.78, 5) is 0. The number of hydrogen-bond acceptors (Lipinski definition) is 2. The Labute approximate surface area is 87.0 Å². The second kappa shape index (κ2) is 5.76. The van der Waals surface area contributed by atoms with E-state index in [0.717, 1.165) is 6.54 Å². The molecule has 0 radical (unpaired) electrons. The lowest BCUT2D eigenvalue weighted by atomic mass is 9.70. The van der Waals surface area contributed by atoms with E-state index in [0.29, 0.717) is 11.9 Å². The highest BCUT2D eigenvalue weighted by Crippen LogP contribution is 1.99. The van der Waals surface area contributed by atoms with Crippen LogP contribution in [0.4, 0.5) is 8.63 Å². The standard InChI is InChI=1S/C6H11N2.C2BF2N2/c1-3-8-5-4-7(2)6-8;4-3(5,1-6)2-7/h4-6H,3H2,1-2H3;/q+1;-1. The van der Waals surface area contributed by atoms with E-state index in [9.17, 15) is 8.63 Å². The van der Waals surface area contributed by atoms with Crippen LogP contribution in [0.3, 0.4) is 0 Å². The van der Waals surface area contributed by atoms with Crippen molar-refractivity contribution in [2.24, 2.45) is 7.05 Å². The van der Waals surface area contributed by atoms with Crippen LogP contribution in [0, 0.1) is 22.5 Å². The summed E-state index contributed by atoms with van der Waals surface area (Å²) >= 11 is 0. The van der Waals surface area contributed by atoms with Crippen molar-refractivity contribution in [2.45, 2.75) is 13.5 Å². The fourth-order valence-electron chi connectivity index (χ4n) is 0.718. The van der Waals surface area contributed by atoms with E-state index in [2.05, 4.69) is 24.0 Å². The predicted octanol–water partition coefficient (Wildman–Crippen LogP) is 0.826. The zero-order valence-electron chi connectivity index (χ0n) is 8.56. The first kappa shape index (κ1) is 13.1. The number of imidazole rings is 1. The van der Waals surface area contributed by atoms with Crippen LogP contribution in [-0.4, -0.2) is 11.3 Å². The van der Waals surface area contributed by atoms with Gasteiger partial charge in [-0.3, -0.25) is 0 Å². The molecule has 0 saturated heterocycles. The van der Waals surface area contributed by atoms with Crippen LogP contribution in [0.2, 0.25) is 0 Å². The fraction of sp³-hybridized carbons (Fsp3) is 0.375. The molecule has 4 nitrogen and oxygen atoms in total. The van der Waals surface area contributed by atoms with Crippen LogP contribution in [0.15, 0.2) is 18.7 Å². The van der Waals surface area contributed by atoms with Crippen LogP contribution in [0.5, 0.6) is 0 Å². The SMILES string of the molecule is CCn1cc[n+](C)c1.N#C[B-](F)(F)C#N. The van der Waals surface area contributed by atoms with Gasteiger partial charge in [-0.25, -0.2) is 19.7 Å². The molecule has 1 rings (SSSR count). The van der Waals surface area contributed by atoms with Crippen LogP contribution < -0.4 is 4.57 Å². The Bertz CT molecular complexity index is 372. The average molecular weight is 212 g/mol. The van der Waals surface area contributed by atoms with Gasteiger partial charge in [0.05, 0.1) is 13.6 Å². The Morgan fingerprint density at radius 3 is 2.07 bits per heavy atom. The molecular formula is C8H11BF2N4. The second-order valence-electron chi connectivity index (χ2n) is 2.83. The maximum Gasteiger partial charge on any atom is 0.504 e. The van der Waals surface area contributed by atoms with Crippen molar-refractivity contribution in [1.82, 2.24) is 4.57 Å². The van der Waals surface area contributed by atoms with Crippen molar-refractivity contribution in [2.75, 3.05) is 0 Å². The molecule has 0 atom stereocenters. The lowest BCUT2D eigenvalue weighted by Gasteiger charge is -1.97. The summed E-state index contributed by atoms with van der Waals surface area (Å²) in [6.07, 6.45) is 6.14. The van der Waals surface area contributed by atoms with E-state index < -0.39 is 6.70 Å². The Hall–Kier alpha value is -1.89. The van der Waals surface area contributed by atoms with E-state index >= 15 is 0 Å². The molecule has 15 heavy (non-hydrogen) atoms. The molecule has 0 fully saturated rings. The third-order valence-electron chi connectivity index (χ3n) is 1.51. The minimum atomic E-state index is -4.36. The monoisotopic (exact) mass is 212 g/mol. The topological polar surface area (TPSA) is 56.4 Å². The van der Waals surface area contributed by atoms with E-state index in [1.807, 2.05) is 17.8 Å². The molecule has 1 aromatic heterocycles. The molecular weight excluding hydrogens is 201 g/mol. The van der Waals surface area contributed by atoms with Crippen LogP contribution in [0.1, 0.15) is 6.92 Å². The van der Waals surface area contributed by atoms with Crippen molar-refractivity contribution in [1.29, 1.82) is 10.5 Å². The smallest absolute Gasteiger partial charge is 0.453 e. The van der Waals surface area contributed by atoms with Gasteiger partial charge in [-0.1, -0.05) is 11.9 Å². The molecule has 1 aromatic rings. The third-order valence-corrected chi connectivity index (χ3v) is 1.51. The number of rotatable bonds is 1. The lowest BCUT2D eigenvalue weighted by Crippen LogP contribution is -2.23. The van der Waals surface area contributed by atoms with Crippen molar-refractivity contribution < 1.29 is 13.2 Å². The van der Waals surface area contributed by atoms with Crippen molar-refractivity contribution in [3.05, 3.63) is 18.7 Å². The molecule has 0 bridgehead atoms. The number of halogens is 2. The van der Waals surface area contributed by atoms with Crippen LogP contribution in [0.25, 0.3) is 0 Å². The molecule has 0 aliphatic carbocycles. The second-order valence-corrected chi connectivity index (χ2v) is 2.83. The van der Waals surface area contributed by atoms with Crippen LogP contribution >= 0.6 is 0 Å². The van der Waals surface area contributed by atoms with E-state index in [4.69, 9.17) is 10.5 Å². The Morgan fingerprint density at radius 2 is 1.93 bits per heavy atom. The van der Waals surface area contributed by atoms with Gasteiger partial charge in [0.2, 0.25) is 6.33 Å². The first-order valence-corrected chi connectivity index (χ1v) is 4.30. The quantitative estimate of drug-likeness (QED) is 0.511. The predicted molar refractivity (Wildman–Crippen MR) is 50.5 cm³/mol. The summed E-state index contributed by atoms with van der Waals surface area (Å²) in [6.45, 7) is -1.18. The summed E-state index contributed by atoms with van der Waals surface area (Å²) in [7, 11) is 2.02. The molecule has 0 unspecified atom stereocenters. The lowest BCUT2D eigenvalue weighted by molar-refractivity contribution is -0.671. The minimum Gasteiger partial charge on any atom is -0.453 e. The van der Waals surface area contributed by atoms with Gasteiger partial charge in [0.15, 0.2) is 0 Å². The highest BCUT2D eigenvalue weighted by Gasteiger charge is 2.20. The molecule has 0 aliphatic rings. The molecule has 80 valence electrons. The summed E-state index contributed by atoms with van der Waals surface area (Å²) < 4.78 is 26.6. The molecule has 0 saturated carbocycles. The van der Waals surface area contributed by atoms with Gasteiger partial charge in [-0.05, 0) is 6.92 Å². The van der Waals surface area contributed by atoms with Gasteiger partial charge >= 0.3 is 6.70 Å². The van der Waals surface area contributed by atoms with E-state index in [1.54, 1.807) is 0 Å². The average Bonchev–Trinajstić information content (AvgIpc) is 2.65. The van der Waals surface area contributed by atoms with Crippen molar-refractivity contribution in [3.63, 3.8) is 0 Å². The molecule has 0 amide bonds. The third kappa shape index (κ3) is 5.43. The van der Waals surface area contributed by atoms with E-state index in [-0.39, 0.29) is 0 Å². The zero-order chi connectivity index (χ0) is 11.9.